The highest BCUT2D eigenvalue weighted by Crippen LogP contribution is 2.40. The van der Waals surface area contributed by atoms with E-state index >= 15 is 0 Å². The van der Waals surface area contributed by atoms with Gasteiger partial charge in [0.2, 0.25) is 5.95 Å². The number of hydrogen-bond acceptors (Lipinski definition) is 10. The van der Waals surface area contributed by atoms with Crippen molar-refractivity contribution in [2.75, 3.05) is 44.2 Å². The second kappa shape index (κ2) is 12.6. The molecule has 0 unspecified atom stereocenters. The topological polar surface area (TPSA) is 115 Å². The number of ether oxygens (including phenoxy) is 1. The number of hydrogen-bond donors (Lipinski definition) is 2. The Bertz CT molecular complexity index is 1490. The molecule has 3 aromatic rings. The minimum atomic E-state index is -5.22. The van der Waals surface area contributed by atoms with Crippen LogP contribution in [-0.4, -0.2) is 63.2 Å². The van der Waals surface area contributed by atoms with Crippen LogP contribution in [0, 0.1) is 0 Å². The number of anilines is 4. The number of aromatic nitrogens is 2. The molecule has 40 heavy (non-hydrogen) atoms. The first-order valence-electron chi connectivity index (χ1n) is 11.8. The molecular weight excluding hydrogens is 594 g/mol. The van der Waals surface area contributed by atoms with E-state index in [0.29, 0.717) is 36.6 Å². The van der Waals surface area contributed by atoms with Gasteiger partial charge in [-0.15, -0.1) is 0 Å². The molecule has 2 heterocycles. The summed E-state index contributed by atoms with van der Waals surface area (Å²) in [7, 11) is -4.66. The van der Waals surface area contributed by atoms with Crippen LogP contribution in [0.15, 0.2) is 36.5 Å². The van der Waals surface area contributed by atoms with Crippen LogP contribution in [0.3, 0.4) is 0 Å². The molecule has 1 aromatic heterocycles. The molecule has 1 aliphatic heterocycles. The highest BCUT2D eigenvalue weighted by molar-refractivity contribution is 7.81. The van der Waals surface area contributed by atoms with Gasteiger partial charge >= 0.3 is 10.5 Å². The molecule has 0 atom stereocenters. The Morgan fingerprint density at radius 1 is 1.12 bits per heavy atom. The average molecular weight is 620 g/mol. The molecular formula is C24H26ClF3N5O5PS. The Morgan fingerprint density at radius 3 is 2.58 bits per heavy atom. The Kier molecular flexibility index (Phi) is 9.44. The van der Waals surface area contributed by atoms with Gasteiger partial charge in [-0.05, 0) is 55.1 Å². The van der Waals surface area contributed by atoms with Crippen LogP contribution in [-0.2, 0) is 23.5 Å². The third kappa shape index (κ3) is 8.00. The lowest BCUT2D eigenvalue weighted by Crippen LogP contribution is -2.34. The maximum absolute atomic E-state index is 13.0. The number of halogens is 4. The van der Waals surface area contributed by atoms with Gasteiger partial charge in [-0.2, -0.15) is 13.4 Å². The highest BCUT2D eigenvalue weighted by atomic mass is 35.5. The van der Waals surface area contributed by atoms with E-state index in [1.54, 1.807) is 4.90 Å². The van der Waals surface area contributed by atoms with Crippen molar-refractivity contribution >= 4 is 53.4 Å². The van der Waals surface area contributed by atoms with Gasteiger partial charge in [-0.25, -0.2) is 13.8 Å². The summed E-state index contributed by atoms with van der Waals surface area (Å²) >= 11 is 6.34. The molecule has 216 valence electrons. The lowest BCUT2D eigenvalue weighted by Gasteiger charge is -2.29. The molecule has 0 saturated heterocycles. The molecule has 2 N–H and O–H groups in total. The second-order valence-corrected chi connectivity index (χ2v) is 12.0. The fourth-order valence-corrected chi connectivity index (χ4v) is 5.09. The van der Waals surface area contributed by atoms with E-state index in [-0.39, 0.29) is 34.8 Å². The zero-order valence-electron chi connectivity index (χ0n) is 21.6. The van der Waals surface area contributed by atoms with Crippen LogP contribution < -0.4 is 24.1 Å². The summed E-state index contributed by atoms with van der Waals surface area (Å²) < 4.78 is 76.3. The van der Waals surface area contributed by atoms with Crippen molar-refractivity contribution < 1.29 is 34.5 Å². The maximum atomic E-state index is 13.0. The third-order valence-corrected chi connectivity index (χ3v) is 6.91. The molecule has 0 aliphatic carbocycles. The summed E-state index contributed by atoms with van der Waals surface area (Å²) in [6, 6.07) is 7.59. The van der Waals surface area contributed by atoms with Gasteiger partial charge in [-0.1, -0.05) is 15.5 Å². The van der Waals surface area contributed by atoms with Crippen molar-refractivity contribution in [3.8, 4) is 17.2 Å². The van der Waals surface area contributed by atoms with Gasteiger partial charge in [0, 0.05) is 19.2 Å². The summed E-state index contributed by atoms with van der Waals surface area (Å²) in [6.45, 7) is 4.23. The minimum Gasteiger partial charge on any atom is -0.495 e. The molecule has 0 bridgehead atoms. The van der Waals surface area contributed by atoms with Crippen molar-refractivity contribution in [1.29, 1.82) is 0 Å². The number of rotatable bonds is 11. The zero-order chi connectivity index (χ0) is 29.0. The number of benzene rings is 2. The third-order valence-electron chi connectivity index (χ3n) is 5.68. The van der Waals surface area contributed by atoms with Crippen LogP contribution >= 0.6 is 19.7 Å². The van der Waals surface area contributed by atoms with E-state index in [2.05, 4.69) is 24.8 Å². The molecule has 0 radical (unpaired) electrons. The number of alkyl halides is 2. The number of methoxy groups -OCH3 is 1. The quantitative estimate of drug-likeness (QED) is 0.199. The van der Waals surface area contributed by atoms with Gasteiger partial charge in [0.25, 0.3) is 6.43 Å². The molecule has 2 aromatic carbocycles. The molecule has 1 aliphatic rings. The molecule has 10 nitrogen and oxygen atoms in total. The predicted octanol–water partition coefficient (Wildman–Crippen LogP) is 5.88. The van der Waals surface area contributed by atoms with E-state index in [1.807, 2.05) is 25.5 Å². The monoisotopic (exact) mass is 619 g/mol. The summed E-state index contributed by atoms with van der Waals surface area (Å²) in [4.78, 5) is 10.4. The van der Waals surface area contributed by atoms with Crippen molar-refractivity contribution in [2.24, 2.45) is 0 Å². The highest BCUT2D eigenvalue weighted by Gasteiger charge is 2.22. The zero-order valence-corrected chi connectivity index (χ0v) is 24.1. The van der Waals surface area contributed by atoms with Crippen molar-refractivity contribution in [1.82, 2.24) is 14.9 Å². The Hall–Kier alpha value is -3.06. The Morgan fingerprint density at radius 2 is 1.90 bits per heavy atom. The first-order valence-corrected chi connectivity index (χ1v) is 15.6. The van der Waals surface area contributed by atoms with Gasteiger partial charge in [-0.3, -0.25) is 4.90 Å². The van der Waals surface area contributed by atoms with Gasteiger partial charge in [0.15, 0.2) is 5.82 Å². The molecule has 16 heteroatoms. The largest absolute Gasteiger partial charge is 0.495 e. The first-order chi connectivity index (χ1) is 18.9. The van der Waals surface area contributed by atoms with E-state index in [9.17, 15) is 21.1 Å². The number of nitrogens with one attached hydrogen (secondary N) is 2. The maximum Gasteiger partial charge on any atom is 0.488 e. The minimum absolute atomic E-state index is 0.157. The van der Waals surface area contributed by atoms with Crippen LogP contribution in [0.25, 0.3) is 0 Å². The van der Waals surface area contributed by atoms with Crippen molar-refractivity contribution in [3.63, 3.8) is 0 Å². The SMILES string of the molecule is COc1cc2c(cc1Nc1ncc(Cl)c(Nc3ccc(OS(=O)(=O)F)cc3OP(C)C)n1)CN(CC(F)F)CC2. The fourth-order valence-electron chi connectivity index (χ4n) is 4.07. The smallest absolute Gasteiger partial charge is 0.488 e. The van der Waals surface area contributed by atoms with Crippen molar-refractivity contribution in [3.05, 3.63) is 52.7 Å². The second-order valence-electron chi connectivity index (χ2n) is 8.88. The molecule has 4 rings (SSSR count). The molecule has 0 fully saturated rings. The Balaban J connectivity index is 1.60. The number of fused-ring (bicyclic) bond motifs is 1. The van der Waals surface area contributed by atoms with Crippen LogP contribution in [0.1, 0.15) is 11.1 Å². The summed E-state index contributed by atoms with van der Waals surface area (Å²) in [5.74, 6) is 0.785. The first kappa shape index (κ1) is 29.9. The van der Waals surface area contributed by atoms with E-state index < -0.39 is 25.1 Å². The lowest BCUT2D eigenvalue weighted by molar-refractivity contribution is 0.0820. The molecule has 0 amide bonds. The fraction of sp³-hybridized carbons (Fsp3) is 0.333. The van der Waals surface area contributed by atoms with Gasteiger partial charge in [0.1, 0.15) is 22.3 Å². The standard InChI is InChI=1S/C24H26ClF3N5O5PS/c1-36-20-9-14-6-7-33(13-22(26)27)12-15(14)8-19(20)31-24-29-11-17(25)23(32-24)30-18-5-4-16(38-40(28,34)35)10-21(18)37-39(2)3/h4-5,8-11,22H,6-7,12-13H2,1-3H3,(H2,29,30,31,32). The molecule has 0 saturated carbocycles. The van der Waals surface area contributed by atoms with Crippen LogP contribution in [0.2, 0.25) is 5.02 Å². The summed E-state index contributed by atoms with van der Waals surface area (Å²) in [5.41, 5.74) is 2.79. The van der Waals surface area contributed by atoms with E-state index in [1.165, 1.54) is 31.5 Å². The Labute approximate surface area is 236 Å². The predicted molar refractivity (Wildman–Crippen MR) is 148 cm³/mol. The average Bonchev–Trinajstić information content (AvgIpc) is 2.85. The number of nitrogens with zero attached hydrogens (tertiary/aromatic N) is 3. The van der Waals surface area contributed by atoms with Crippen LogP contribution in [0.5, 0.6) is 17.2 Å². The van der Waals surface area contributed by atoms with Crippen LogP contribution in [0.4, 0.5) is 35.8 Å². The summed E-state index contributed by atoms with van der Waals surface area (Å²) in [6.07, 6.45) is -0.430. The van der Waals surface area contributed by atoms with Gasteiger partial charge < -0.3 is 24.1 Å². The van der Waals surface area contributed by atoms with E-state index in [4.69, 9.17) is 20.9 Å². The lowest BCUT2D eigenvalue weighted by atomic mass is 9.98. The van der Waals surface area contributed by atoms with Crippen molar-refractivity contribution in [2.45, 2.75) is 19.4 Å². The van der Waals surface area contributed by atoms with E-state index in [0.717, 1.165) is 11.1 Å². The normalized spacial score (nSPS) is 13.7. The summed E-state index contributed by atoms with van der Waals surface area (Å²) in [5, 5.41) is 6.28. The molecule has 0 spiro atoms. The van der Waals surface area contributed by atoms with Gasteiger partial charge in [0.05, 0.1) is 39.4 Å².